The summed E-state index contributed by atoms with van der Waals surface area (Å²) in [6, 6.07) is 4.78. The summed E-state index contributed by atoms with van der Waals surface area (Å²) in [4.78, 5) is 13.9. The Morgan fingerprint density at radius 1 is 1.45 bits per heavy atom. The number of nitrogens with zero attached hydrogens (tertiary/aromatic N) is 2. The number of amides is 1. The lowest BCUT2D eigenvalue weighted by atomic mass is 10.1. The van der Waals surface area contributed by atoms with Crippen molar-refractivity contribution in [3.63, 3.8) is 0 Å². The zero-order chi connectivity index (χ0) is 14.7. The van der Waals surface area contributed by atoms with E-state index in [0.717, 1.165) is 12.0 Å². The first kappa shape index (κ1) is 14.9. The van der Waals surface area contributed by atoms with Gasteiger partial charge in [-0.2, -0.15) is 0 Å². The van der Waals surface area contributed by atoms with Crippen molar-refractivity contribution in [2.45, 2.75) is 25.3 Å². The van der Waals surface area contributed by atoms with Crippen LogP contribution in [0.5, 0.6) is 0 Å². The van der Waals surface area contributed by atoms with E-state index >= 15 is 0 Å². The largest absolute Gasteiger partial charge is 0.409 e. The molecule has 1 aliphatic rings. The molecule has 0 radical (unpaired) electrons. The molecule has 3 N–H and O–H groups in total. The van der Waals surface area contributed by atoms with Gasteiger partial charge in [-0.1, -0.05) is 34.4 Å². The summed E-state index contributed by atoms with van der Waals surface area (Å²) in [6.07, 6.45) is 1.77. The number of nitrogens with two attached hydrogens (primary N) is 1. The molecule has 0 saturated carbocycles. The van der Waals surface area contributed by atoms with Crippen LogP contribution in [0.3, 0.4) is 0 Å². The highest BCUT2D eigenvalue weighted by atomic mass is 35.5. The van der Waals surface area contributed by atoms with Crippen LogP contribution in [-0.2, 0) is 11.2 Å². The lowest BCUT2D eigenvalue weighted by Gasteiger charge is -2.23. The molecule has 1 unspecified atom stereocenters. The molecule has 1 fully saturated rings. The van der Waals surface area contributed by atoms with E-state index in [-0.39, 0.29) is 24.2 Å². The van der Waals surface area contributed by atoms with Gasteiger partial charge in [0.15, 0.2) is 5.84 Å². The van der Waals surface area contributed by atoms with Gasteiger partial charge in [0.1, 0.15) is 0 Å². The van der Waals surface area contributed by atoms with Crippen LogP contribution >= 0.6 is 23.2 Å². The number of hydrogen-bond donors (Lipinski definition) is 2. The SMILES string of the molecule is NC(=NO)C1CCCN1C(=O)Cc1ccc(Cl)c(Cl)c1. The van der Waals surface area contributed by atoms with E-state index in [1.807, 2.05) is 0 Å². The van der Waals surface area contributed by atoms with E-state index in [1.165, 1.54) is 0 Å². The van der Waals surface area contributed by atoms with E-state index in [2.05, 4.69) is 5.16 Å². The fourth-order valence-corrected chi connectivity index (χ4v) is 2.69. The average molecular weight is 316 g/mol. The summed E-state index contributed by atoms with van der Waals surface area (Å²) in [5.41, 5.74) is 6.40. The Morgan fingerprint density at radius 2 is 2.20 bits per heavy atom. The molecule has 5 nitrogen and oxygen atoms in total. The highest BCUT2D eigenvalue weighted by molar-refractivity contribution is 6.42. The van der Waals surface area contributed by atoms with Crippen molar-refractivity contribution < 1.29 is 10.0 Å². The maximum Gasteiger partial charge on any atom is 0.227 e. The van der Waals surface area contributed by atoms with Crippen molar-refractivity contribution in [2.24, 2.45) is 10.9 Å². The third-order valence-electron chi connectivity index (χ3n) is 3.37. The van der Waals surface area contributed by atoms with Gasteiger partial charge in [-0.15, -0.1) is 0 Å². The van der Waals surface area contributed by atoms with Gasteiger partial charge in [-0.05, 0) is 30.5 Å². The van der Waals surface area contributed by atoms with Crippen LogP contribution in [0.2, 0.25) is 10.0 Å². The molecule has 1 amide bonds. The third-order valence-corrected chi connectivity index (χ3v) is 4.11. The molecule has 20 heavy (non-hydrogen) atoms. The lowest BCUT2D eigenvalue weighted by Crippen LogP contribution is -2.44. The Balaban J connectivity index is 2.09. The number of oxime groups is 1. The quantitative estimate of drug-likeness (QED) is 0.389. The Hall–Kier alpha value is -1.46. The number of hydrogen-bond acceptors (Lipinski definition) is 3. The first-order valence-electron chi connectivity index (χ1n) is 6.23. The number of carbonyl (C=O) groups is 1. The maximum atomic E-state index is 12.3. The van der Waals surface area contributed by atoms with Crippen molar-refractivity contribution in [1.82, 2.24) is 4.90 Å². The van der Waals surface area contributed by atoms with Gasteiger partial charge in [-0.25, -0.2) is 0 Å². The summed E-state index contributed by atoms with van der Waals surface area (Å²) in [6.45, 7) is 0.612. The van der Waals surface area contributed by atoms with Crippen molar-refractivity contribution in [1.29, 1.82) is 0 Å². The second-order valence-electron chi connectivity index (χ2n) is 4.70. The number of halogens is 2. The Labute approximate surface area is 126 Å². The Bertz CT molecular complexity index is 548. The molecule has 7 heteroatoms. The van der Waals surface area contributed by atoms with Crippen LogP contribution in [0, 0.1) is 0 Å². The van der Waals surface area contributed by atoms with Crippen LogP contribution in [-0.4, -0.2) is 34.4 Å². The summed E-state index contributed by atoms with van der Waals surface area (Å²) in [5, 5.41) is 12.6. The molecular weight excluding hydrogens is 301 g/mol. The average Bonchev–Trinajstić information content (AvgIpc) is 2.91. The highest BCUT2D eigenvalue weighted by Crippen LogP contribution is 2.24. The molecule has 0 aliphatic carbocycles. The Kier molecular flexibility index (Phi) is 4.73. The number of amidine groups is 1. The number of likely N-dealkylation sites (tertiary alicyclic amines) is 1. The number of rotatable bonds is 3. The van der Waals surface area contributed by atoms with Gasteiger partial charge in [0.05, 0.1) is 22.5 Å². The highest BCUT2D eigenvalue weighted by Gasteiger charge is 2.31. The monoisotopic (exact) mass is 315 g/mol. The second-order valence-corrected chi connectivity index (χ2v) is 5.51. The number of carbonyl (C=O) groups excluding carboxylic acids is 1. The fraction of sp³-hybridized carbons (Fsp3) is 0.385. The molecular formula is C13H15Cl2N3O2. The zero-order valence-electron chi connectivity index (χ0n) is 10.7. The minimum absolute atomic E-state index is 0.0718. The normalized spacial score (nSPS) is 19.4. The van der Waals surface area contributed by atoms with Crippen LogP contribution in [0.1, 0.15) is 18.4 Å². The molecule has 1 atom stereocenters. The maximum absolute atomic E-state index is 12.3. The van der Waals surface area contributed by atoms with E-state index in [9.17, 15) is 4.79 Å². The minimum atomic E-state index is -0.324. The summed E-state index contributed by atoms with van der Waals surface area (Å²) < 4.78 is 0. The fourth-order valence-electron chi connectivity index (χ4n) is 2.37. The minimum Gasteiger partial charge on any atom is -0.409 e. The molecule has 1 aromatic rings. The zero-order valence-corrected chi connectivity index (χ0v) is 12.2. The summed E-state index contributed by atoms with van der Waals surface area (Å²) >= 11 is 11.8. The predicted molar refractivity (Wildman–Crippen MR) is 78.3 cm³/mol. The van der Waals surface area contributed by atoms with Gasteiger partial charge < -0.3 is 15.8 Å². The second kappa shape index (κ2) is 6.33. The van der Waals surface area contributed by atoms with E-state index in [0.29, 0.717) is 23.0 Å². The smallest absolute Gasteiger partial charge is 0.227 e. The van der Waals surface area contributed by atoms with Crippen LogP contribution < -0.4 is 5.73 Å². The molecule has 1 heterocycles. The summed E-state index contributed by atoms with van der Waals surface area (Å²) in [5.74, 6) is 0.00229. The molecule has 0 bridgehead atoms. The van der Waals surface area contributed by atoms with Crippen molar-refractivity contribution in [3.8, 4) is 0 Å². The topological polar surface area (TPSA) is 78.9 Å². The van der Waals surface area contributed by atoms with Gasteiger partial charge in [0, 0.05) is 6.54 Å². The molecule has 1 aliphatic heterocycles. The Morgan fingerprint density at radius 3 is 2.85 bits per heavy atom. The molecule has 0 aromatic heterocycles. The van der Waals surface area contributed by atoms with Crippen LogP contribution in [0.4, 0.5) is 0 Å². The first-order valence-corrected chi connectivity index (χ1v) is 6.99. The van der Waals surface area contributed by atoms with Gasteiger partial charge in [0.2, 0.25) is 5.91 Å². The molecule has 2 rings (SSSR count). The lowest BCUT2D eigenvalue weighted by molar-refractivity contribution is -0.130. The van der Waals surface area contributed by atoms with Crippen molar-refractivity contribution >= 4 is 34.9 Å². The molecule has 108 valence electrons. The summed E-state index contributed by atoms with van der Waals surface area (Å²) in [7, 11) is 0. The first-order chi connectivity index (χ1) is 9.52. The van der Waals surface area contributed by atoms with Crippen molar-refractivity contribution in [3.05, 3.63) is 33.8 Å². The number of benzene rings is 1. The van der Waals surface area contributed by atoms with E-state index < -0.39 is 0 Å². The predicted octanol–water partition coefficient (Wildman–Crippen LogP) is 2.27. The molecule has 0 spiro atoms. The van der Waals surface area contributed by atoms with Gasteiger partial charge in [-0.3, -0.25) is 4.79 Å². The third kappa shape index (κ3) is 3.16. The van der Waals surface area contributed by atoms with E-state index in [4.69, 9.17) is 34.1 Å². The molecule has 1 aromatic carbocycles. The van der Waals surface area contributed by atoms with Crippen molar-refractivity contribution in [2.75, 3.05) is 6.54 Å². The van der Waals surface area contributed by atoms with Gasteiger partial charge in [0.25, 0.3) is 0 Å². The van der Waals surface area contributed by atoms with E-state index in [1.54, 1.807) is 23.1 Å². The standard InChI is InChI=1S/C13H15Cl2N3O2/c14-9-4-3-8(6-10(9)15)7-12(19)18-5-1-2-11(18)13(16)17-20/h3-4,6,11,20H,1-2,5,7H2,(H2,16,17). The molecule has 1 saturated heterocycles. The van der Waals surface area contributed by atoms with Crippen LogP contribution in [0.15, 0.2) is 23.4 Å². The van der Waals surface area contributed by atoms with Crippen LogP contribution in [0.25, 0.3) is 0 Å². The van der Waals surface area contributed by atoms with Gasteiger partial charge >= 0.3 is 0 Å².